The van der Waals surface area contributed by atoms with E-state index in [1.54, 1.807) is 19.2 Å². The van der Waals surface area contributed by atoms with E-state index in [-0.39, 0.29) is 23.8 Å². The van der Waals surface area contributed by atoms with E-state index in [9.17, 15) is 4.79 Å². The molecule has 8 nitrogen and oxygen atoms in total. The molecule has 3 heterocycles. The zero-order valence-corrected chi connectivity index (χ0v) is 16.9. The highest BCUT2D eigenvalue weighted by molar-refractivity contribution is 6.01. The Morgan fingerprint density at radius 1 is 1.10 bits per heavy atom. The van der Waals surface area contributed by atoms with Gasteiger partial charge in [0.2, 0.25) is 5.95 Å². The number of fused-ring (bicyclic) bond motifs is 1. The van der Waals surface area contributed by atoms with Gasteiger partial charge in [-0.25, -0.2) is 4.68 Å². The van der Waals surface area contributed by atoms with Crippen LogP contribution in [-0.4, -0.2) is 27.8 Å². The number of furan rings is 1. The second-order valence-corrected chi connectivity index (χ2v) is 7.27. The summed E-state index contributed by atoms with van der Waals surface area (Å²) in [7, 11) is 1.65. The van der Waals surface area contributed by atoms with E-state index in [4.69, 9.17) is 9.15 Å². The average molecular weight is 415 g/mol. The first-order chi connectivity index (χ1) is 15.2. The summed E-state index contributed by atoms with van der Waals surface area (Å²) in [5.41, 5.74) is 2.25. The number of benzene rings is 2. The molecule has 156 valence electrons. The third kappa shape index (κ3) is 3.75. The minimum atomic E-state index is -0.393. The van der Waals surface area contributed by atoms with E-state index in [2.05, 4.69) is 32.8 Å². The third-order valence-corrected chi connectivity index (χ3v) is 5.36. The van der Waals surface area contributed by atoms with Crippen LogP contribution in [0.2, 0.25) is 0 Å². The van der Waals surface area contributed by atoms with Crippen LogP contribution in [0.15, 0.2) is 77.4 Å². The summed E-state index contributed by atoms with van der Waals surface area (Å²) in [6.07, 6.45) is 2.23. The summed E-state index contributed by atoms with van der Waals surface area (Å²) in [6.45, 7) is 0. The lowest BCUT2D eigenvalue weighted by Crippen LogP contribution is -2.28. The van der Waals surface area contributed by atoms with E-state index >= 15 is 0 Å². The van der Waals surface area contributed by atoms with Gasteiger partial charge in [-0.3, -0.25) is 10.1 Å². The van der Waals surface area contributed by atoms with Crippen molar-refractivity contribution in [2.75, 3.05) is 17.7 Å². The number of anilines is 2. The maximum Gasteiger partial charge on any atom is 0.293 e. The molecule has 2 N–H and O–H groups in total. The van der Waals surface area contributed by atoms with Crippen molar-refractivity contribution in [2.24, 2.45) is 0 Å². The average Bonchev–Trinajstić information content (AvgIpc) is 3.49. The summed E-state index contributed by atoms with van der Waals surface area (Å²) in [6, 6.07) is 21.4. The molecule has 0 unspecified atom stereocenters. The monoisotopic (exact) mass is 415 g/mol. The van der Waals surface area contributed by atoms with Crippen molar-refractivity contribution in [3.8, 4) is 5.75 Å². The summed E-state index contributed by atoms with van der Waals surface area (Å²) in [5.74, 6) is 1.44. The highest BCUT2D eigenvalue weighted by atomic mass is 16.5. The van der Waals surface area contributed by atoms with Crippen LogP contribution >= 0.6 is 0 Å². The number of nitrogens with zero attached hydrogens (tertiary/aromatic N) is 3. The molecule has 0 bridgehead atoms. The van der Waals surface area contributed by atoms with Crippen molar-refractivity contribution < 1.29 is 13.9 Å². The number of nitrogens with one attached hydrogen (secondary N) is 2. The number of hydrogen-bond donors (Lipinski definition) is 2. The van der Waals surface area contributed by atoms with Gasteiger partial charge >= 0.3 is 0 Å². The third-order valence-electron chi connectivity index (χ3n) is 5.36. The molecule has 0 saturated heterocycles. The lowest BCUT2D eigenvalue weighted by molar-refractivity contribution is 0.0995. The minimum Gasteiger partial charge on any atom is -0.497 e. The number of rotatable bonds is 5. The Morgan fingerprint density at radius 3 is 2.61 bits per heavy atom. The number of carbonyl (C=O) groups excluding carboxylic acids is 1. The van der Waals surface area contributed by atoms with Crippen LogP contribution in [0.25, 0.3) is 0 Å². The molecule has 0 fully saturated rings. The van der Waals surface area contributed by atoms with Crippen LogP contribution in [0, 0.1) is 0 Å². The molecule has 1 amide bonds. The highest BCUT2D eigenvalue weighted by Crippen LogP contribution is 2.38. The standard InChI is InChI=1S/C23H21N5O3/c1-30-17-11-9-15(10-12-17)18-14-19(16-6-3-2-4-7-16)28-23(24-18)26-22(27-28)25-21(29)20-8-5-13-31-20/h2-13,18-19H,14H2,1H3,(H2,24,25,26,27,29)/t18-,19-/m1/s1. The Bertz CT molecular complexity index is 1170. The molecule has 2 aromatic carbocycles. The van der Waals surface area contributed by atoms with Crippen LogP contribution in [0.3, 0.4) is 0 Å². The van der Waals surface area contributed by atoms with Gasteiger partial charge in [-0.1, -0.05) is 42.5 Å². The predicted molar refractivity (Wildman–Crippen MR) is 115 cm³/mol. The van der Waals surface area contributed by atoms with Crippen molar-refractivity contribution >= 4 is 17.8 Å². The largest absolute Gasteiger partial charge is 0.497 e. The Hall–Kier alpha value is -4.07. The molecule has 0 saturated carbocycles. The van der Waals surface area contributed by atoms with Crippen LogP contribution in [0.5, 0.6) is 5.75 Å². The molecular formula is C23H21N5O3. The Morgan fingerprint density at radius 2 is 1.90 bits per heavy atom. The second kappa shape index (κ2) is 7.98. The van der Waals surface area contributed by atoms with Gasteiger partial charge in [0.05, 0.1) is 25.5 Å². The van der Waals surface area contributed by atoms with Crippen molar-refractivity contribution in [3.63, 3.8) is 0 Å². The molecule has 2 atom stereocenters. The van der Waals surface area contributed by atoms with E-state index in [1.807, 2.05) is 47.1 Å². The summed E-state index contributed by atoms with van der Waals surface area (Å²) in [4.78, 5) is 16.9. The minimum absolute atomic E-state index is 0.0291. The molecule has 0 spiro atoms. The molecule has 8 heteroatoms. The van der Waals surface area contributed by atoms with Gasteiger partial charge in [0.25, 0.3) is 11.9 Å². The summed E-state index contributed by atoms with van der Waals surface area (Å²) in [5, 5.41) is 10.7. The first-order valence-corrected chi connectivity index (χ1v) is 9.98. The normalized spacial score (nSPS) is 17.5. The molecule has 1 aliphatic rings. The highest BCUT2D eigenvalue weighted by Gasteiger charge is 2.31. The fourth-order valence-electron chi connectivity index (χ4n) is 3.81. The number of methoxy groups -OCH3 is 1. The quantitative estimate of drug-likeness (QED) is 0.505. The van der Waals surface area contributed by atoms with Crippen molar-refractivity contribution in [2.45, 2.75) is 18.5 Å². The summed E-state index contributed by atoms with van der Waals surface area (Å²) < 4.78 is 12.3. The van der Waals surface area contributed by atoms with Crippen LogP contribution < -0.4 is 15.4 Å². The maximum atomic E-state index is 12.4. The van der Waals surface area contributed by atoms with E-state index < -0.39 is 5.91 Å². The first-order valence-electron chi connectivity index (χ1n) is 9.98. The number of amides is 1. The van der Waals surface area contributed by atoms with E-state index in [0.717, 1.165) is 23.3 Å². The molecule has 0 radical (unpaired) electrons. The van der Waals surface area contributed by atoms with Gasteiger partial charge in [-0.15, -0.1) is 5.10 Å². The molecule has 4 aromatic rings. The van der Waals surface area contributed by atoms with Crippen molar-refractivity contribution in [1.29, 1.82) is 0 Å². The molecule has 2 aromatic heterocycles. The predicted octanol–water partition coefficient (Wildman–Crippen LogP) is 4.28. The smallest absolute Gasteiger partial charge is 0.293 e. The molecule has 0 aliphatic carbocycles. The lowest BCUT2D eigenvalue weighted by Gasteiger charge is -2.31. The molecule has 31 heavy (non-hydrogen) atoms. The van der Waals surface area contributed by atoms with Gasteiger partial charge in [-0.2, -0.15) is 4.98 Å². The Balaban J connectivity index is 1.48. The first kappa shape index (κ1) is 18.9. The fraction of sp³-hybridized carbons (Fsp3) is 0.174. The van der Waals surface area contributed by atoms with Crippen molar-refractivity contribution in [1.82, 2.24) is 14.8 Å². The van der Waals surface area contributed by atoms with Gasteiger partial charge in [0, 0.05) is 0 Å². The number of aromatic nitrogens is 3. The zero-order valence-electron chi connectivity index (χ0n) is 16.9. The number of carbonyl (C=O) groups is 1. The second-order valence-electron chi connectivity index (χ2n) is 7.27. The molecule has 1 aliphatic heterocycles. The fourth-order valence-corrected chi connectivity index (χ4v) is 3.81. The number of ether oxygens (including phenoxy) is 1. The Kier molecular flexibility index (Phi) is 4.87. The van der Waals surface area contributed by atoms with Crippen LogP contribution in [0.1, 0.15) is 40.2 Å². The number of hydrogen-bond acceptors (Lipinski definition) is 6. The van der Waals surface area contributed by atoms with Gasteiger partial charge < -0.3 is 14.5 Å². The van der Waals surface area contributed by atoms with Crippen molar-refractivity contribution in [3.05, 3.63) is 89.9 Å². The zero-order chi connectivity index (χ0) is 21.2. The SMILES string of the molecule is COc1ccc([C@H]2C[C@H](c3ccccc3)n3nc(NC(=O)c4ccco4)nc3N2)cc1. The Labute approximate surface area is 178 Å². The van der Waals surface area contributed by atoms with Crippen LogP contribution in [0.4, 0.5) is 11.9 Å². The van der Waals surface area contributed by atoms with Crippen LogP contribution in [-0.2, 0) is 0 Å². The van der Waals surface area contributed by atoms with Gasteiger partial charge in [0.15, 0.2) is 5.76 Å². The van der Waals surface area contributed by atoms with Gasteiger partial charge in [0.1, 0.15) is 5.75 Å². The maximum absolute atomic E-state index is 12.4. The van der Waals surface area contributed by atoms with E-state index in [0.29, 0.717) is 5.95 Å². The molecular weight excluding hydrogens is 394 g/mol. The lowest BCUT2D eigenvalue weighted by atomic mass is 9.93. The van der Waals surface area contributed by atoms with E-state index in [1.165, 1.54) is 6.26 Å². The van der Waals surface area contributed by atoms with Gasteiger partial charge in [-0.05, 0) is 41.8 Å². The molecule has 5 rings (SSSR count). The summed E-state index contributed by atoms with van der Waals surface area (Å²) >= 11 is 0. The topological polar surface area (TPSA) is 94.2 Å².